The van der Waals surface area contributed by atoms with Crippen LogP contribution in [0.2, 0.25) is 0 Å². The van der Waals surface area contributed by atoms with Gasteiger partial charge in [-0.15, -0.1) is 0 Å². The number of hydrogen-bond donors (Lipinski definition) is 1. The minimum Gasteiger partial charge on any atom is -0.494 e. The molecule has 0 amide bonds. The highest BCUT2D eigenvalue weighted by Gasteiger charge is 2.21. The third-order valence-electron chi connectivity index (χ3n) is 2.99. The van der Waals surface area contributed by atoms with E-state index in [9.17, 15) is 8.42 Å². The largest absolute Gasteiger partial charge is 0.494 e. The van der Waals surface area contributed by atoms with Crippen molar-refractivity contribution in [2.24, 2.45) is 0 Å². The molecule has 0 aliphatic carbocycles. The Bertz CT molecular complexity index is 492. The van der Waals surface area contributed by atoms with Gasteiger partial charge in [0.15, 0.2) is 0 Å². The maximum absolute atomic E-state index is 12.2. The van der Waals surface area contributed by atoms with E-state index >= 15 is 0 Å². The summed E-state index contributed by atoms with van der Waals surface area (Å²) in [6.45, 7) is 3.66. The first-order valence-corrected chi connectivity index (χ1v) is 7.93. The molecule has 1 aromatic carbocycles. The molecule has 5 nitrogen and oxygen atoms in total. The first kappa shape index (κ1) is 14.3. The number of benzene rings is 1. The van der Waals surface area contributed by atoms with E-state index in [0.717, 1.165) is 12.8 Å². The van der Waals surface area contributed by atoms with Crippen molar-refractivity contribution in [3.63, 3.8) is 0 Å². The Morgan fingerprint density at radius 1 is 1.26 bits per heavy atom. The second kappa shape index (κ2) is 6.36. The number of nitrogens with one attached hydrogen (secondary N) is 1. The van der Waals surface area contributed by atoms with Gasteiger partial charge in [-0.05, 0) is 44.0 Å². The Kier molecular flexibility index (Phi) is 4.79. The summed E-state index contributed by atoms with van der Waals surface area (Å²) in [5.41, 5.74) is 0. The number of hydrogen-bond acceptors (Lipinski definition) is 4. The van der Waals surface area contributed by atoms with Crippen molar-refractivity contribution in [3.8, 4) is 5.75 Å². The van der Waals surface area contributed by atoms with Crippen molar-refractivity contribution in [1.82, 2.24) is 4.72 Å². The van der Waals surface area contributed by atoms with Gasteiger partial charge in [0, 0.05) is 19.3 Å². The zero-order valence-electron chi connectivity index (χ0n) is 11.0. The molecule has 106 valence electrons. The summed E-state index contributed by atoms with van der Waals surface area (Å²) in [5, 5.41) is 0. The summed E-state index contributed by atoms with van der Waals surface area (Å²) in [5.74, 6) is 0.674. The van der Waals surface area contributed by atoms with Crippen LogP contribution in [0.1, 0.15) is 19.8 Å². The SMILES string of the molecule is CCOc1ccc(S(=O)(=O)NC2CCOCC2)cc1. The van der Waals surface area contributed by atoms with Gasteiger partial charge in [0.25, 0.3) is 0 Å². The Morgan fingerprint density at radius 2 is 1.89 bits per heavy atom. The zero-order chi connectivity index (χ0) is 13.7. The van der Waals surface area contributed by atoms with Gasteiger partial charge in [0.1, 0.15) is 5.75 Å². The lowest BCUT2D eigenvalue weighted by molar-refractivity contribution is 0.0832. The molecule has 2 rings (SSSR count). The summed E-state index contributed by atoms with van der Waals surface area (Å²) >= 11 is 0. The van der Waals surface area contributed by atoms with E-state index in [-0.39, 0.29) is 10.9 Å². The van der Waals surface area contributed by atoms with Crippen LogP contribution in [0.3, 0.4) is 0 Å². The maximum Gasteiger partial charge on any atom is 0.240 e. The summed E-state index contributed by atoms with van der Waals surface area (Å²) in [6, 6.07) is 6.42. The summed E-state index contributed by atoms with van der Waals surface area (Å²) < 4.78 is 37.6. The molecule has 0 radical (unpaired) electrons. The topological polar surface area (TPSA) is 64.6 Å². The van der Waals surface area contributed by atoms with Gasteiger partial charge in [0.2, 0.25) is 10.0 Å². The molecule has 19 heavy (non-hydrogen) atoms. The standard InChI is InChI=1S/C13H19NO4S/c1-2-18-12-3-5-13(6-4-12)19(15,16)14-11-7-9-17-10-8-11/h3-6,11,14H,2,7-10H2,1H3. The Labute approximate surface area is 114 Å². The number of sulfonamides is 1. The lowest BCUT2D eigenvalue weighted by atomic mass is 10.1. The van der Waals surface area contributed by atoms with Crippen molar-refractivity contribution >= 4 is 10.0 Å². The second-order valence-electron chi connectivity index (χ2n) is 4.41. The number of ether oxygens (including phenoxy) is 2. The molecule has 1 aliphatic heterocycles. The van der Waals surface area contributed by atoms with E-state index in [1.807, 2.05) is 6.92 Å². The van der Waals surface area contributed by atoms with E-state index in [0.29, 0.717) is 25.6 Å². The van der Waals surface area contributed by atoms with Crippen LogP contribution in [0.25, 0.3) is 0 Å². The smallest absolute Gasteiger partial charge is 0.240 e. The van der Waals surface area contributed by atoms with Gasteiger partial charge in [-0.1, -0.05) is 0 Å². The first-order valence-electron chi connectivity index (χ1n) is 6.45. The van der Waals surface area contributed by atoms with E-state index < -0.39 is 10.0 Å². The van der Waals surface area contributed by atoms with Crippen molar-refractivity contribution in [2.45, 2.75) is 30.7 Å². The van der Waals surface area contributed by atoms with Crippen LogP contribution in [-0.2, 0) is 14.8 Å². The Morgan fingerprint density at radius 3 is 2.47 bits per heavy atom. The lowest BCUT2D eigenvalue weighted by Gasteiger charge is -2.22. The number of rotatable bonds is 5. The van der Waals surface area contributed by atoms with Crippen LogP contribution in [0.4, 0.5) is 0 Å². The fourth-order valence-electron chi connectivity index (χ4n) is 1.98. The van der Waals surface area contributed by atoms with Gasteiger partial charge in [-0.25, -0.2) is 13.1 Å². The predicted octanol–water partition coefficient (Wildman–Crippen LogP) is 1.54. The molecule has 6 heteroatoms. The summed E-state index contributed by atoms with van der Waals surface area (Å²) in [6.07, 6.45) is 1.44. The quantitative estimate of drug-likeness (QED) is 0.891. The molecule has 1 saturated heterocycles. The van der Waals surface area contributed by atoms with Crippen molar-refractivity contribution < 1.29 is 17.9 Å². The van der Waals surface area contributed by atoms with E-state index in [1.54, 1.807) is 24.3 Å². The van der Waals surface area contributed by atoms with Crippen LogP contribution in [-0.4, -0.2) is 34.3 Å². The molecule has 0 spiro atoms. The third kappa shape index (κ3) is 3.92. The van der Waals surface area contributed by atoms with Crippen molar-refractivity contribution in [2.75, 3.05) is 19.8 Å². The normalized spacial score (nSPS) is 17.3. The molecular weight excluding hydrogens is 266 g/mol. The van der Waals surface area contributed by atoms with Crippen molar-refractivity contribution in [3.05, 3.63) is 24.3 Å². The molecule has 0 unspecified atom stereocenters. The van der Waals surface area contributed by atoms with Crippen LogP contribution in [0, 0.1) is 0 Å². The molecule has 1 aromatic rings. The summed E-state index contributed by atoms with van der Waals surface area (Å²) in [7, 11) is -3.45. The third-order valence-corrected chi connectivity index (χ3v) is 4.52. The van der Waals surface area contributed by atoms with Crippen molar-refractivity contribution in [1.29, 1.82) is 0 Å². The second-order valence-corrected chi connectivity index (χ2v) is 6.13. The van der Waals surface area contributed by atoms with Gasteiger partial charge in [0.05, 0.1) is 11.5 Å². The molecule has 0 aromatic heterocycles. The first-order chi connectivity index (χ1) is 9.12. The average molecular weight is 285 g/mol. The van der Waals surface area contributed by atoms with Crippen LogP contribution in [0.5, 0.6) is 5.75 Å². The molecule has 1 N–H and O–H groups in total. The van der Waals surface area contributed by atoms with Gasteiger partial charge >= 0.3 is 0 Å². The highest BCUT2D eigenvalue weighted by molar-refractivity contribution is 7.89. The average Bonchev–Trinajstić information content (AvgIpc) is 2.40. The van der Waals surface area contributed by atoms with Gasteiger partial charge in [-0.3, -0.25) is 0 Å². The minimum absolute atomic E-state index is 0.0367. The summed E-state index contributed by atoms with van der Waals surface area (Å²) in [4.78, 5) is 0.266. The monoisotopic (exact) mass is 285 g/mol. The van der Waals surface area contributed by atoms with E-state index in [2.05, 4.69) is 4.72 Å². The maximum atomic E-state index is 12.2. The van der Waals surface area contributed by atoms with E-state index in [4.69, 9.17) is 9.47 Å². The fourth-order valence-corrected chi connectivity index (χ4v) is 3.29. The van der Waals surface area contributed by atoms with E-state index in [1.165, 1.54) is 0 Å². The Balaban J connectivity index is 2.05. The lowest BCUT2D eigenvalue weighted by Crippen LogP contribution is -2.38. The Hall–Kier alpha value is -1.11. The van der Waals surface area contributed by atoms with Gasteiger partial charge < -0.3 is 9.47 Å². The fraction of sp³-hybridized carbons (Fsp3) is 0.538. The van der Waals surface area contributed by atoms with Crippen LogP contribution < -0.4 is 9.46 Å². The highest BCUT2D eigenvalue weighted by atomic mass is 32.2. The molecule has 0 bridgehead atoms. The minimum atomic E-state index is -3.45. The zero-order valence-corrected chi connectivity index (χ0v) is 11.8. The van der Waals surface area contributed by atoms with Gasteiger partial charge in [-0.2, -0.15) is 0 Å². The van der Waals surface area contributed by atoms with Crippen LogP contribution in [0.15, 0.2) is 29.2 Å². The highest BCUT2D eigenvalue weighted by Crippen LogP contribution is 2.17. The molecule has 1 aliphatic rings. The molecular formula is C13H19NO4S. The molecule has 1 heterocycles. The van der Waals surface area contributed by atoms with Crippen LogP contribution >= 0.6 is 0 Å². The molecule has 1 fully saturated rings. The predicted molar refractivity (Wildman–Crippen MR) is 71.8 cm³/mol. The molecule has 0 atom stereocenters. The molecule has 0 saturated carbocycles.